The molecule has 70 valence electrons. The van der Waals surface area contributed by atoms with E-state index < -0.39 is 6.09 Å². The zero-order valence-electron chi connectivity index (χ0n) is 7.32. The maximum atomic E-state index is 11.1. The molecular weight excluding hydrogens is 283 g/mol. The van der Waals surface area contributed by atoms with Crippen LogP contribution in [0.5, 0.6) is 5.75 Å². The molecule has 1 heterocycles. The fourth-order valence-electron chi connectivity index (χ4n) is 0.623. The first-order valence-electron chi connectivity index (χ1n) is 3.60. The van der Waals surface area contributed by atoms with Crippen molar-refractivity contribution in [3.8, 4) is 5.75 Å². The van der Waals surface area contributed by atoms with Crippen molar-refractivity contribution in [1.29, 1.82) is 0 Å². The summed E-state index contributed by atoms with van der Waals surface area (Å²) in [5.41, 5.74) is 0. The van der Waals surface area contributed by atoms with E-state index in [4.69, 9.17) is 4.74 Å². The number of aromatic nitrogens is 1. The number of carbonyl (C=O) groups excluding carboxylic acids is 1. The van der Waals surface area contributed by atoms with Gasteiger partial charge in [0.15, 0.2) is 5.75 Å². The van der Waals surface area contributed by atoms with Crippen molar-refractivity contribution in [2.24, 2.45) is 0 Å². The summed E-state index contributed by atoms with van der Waals surface area (Å²) >= 11 is 2.08. The molecule has 0 aliphatic heterocycles. The highest BCUT2D eigenvalue weighted by Crippen LogP contribution is 2.18. The van der Waals surface area contributed by atoms with E-state index in [1.54, 1.807) is 26.4 Å². The lowest BCUT2D eigenvalue weighted by molar-refractivity contribution is 0.171. The molecule has 0 spiro atoms. The molecule has 1 rings (SSSR count). The first-order chi connectivity index (χ1) is 6.11. The number of amides is 1. The van der Waals surface area contributed by atoms with Crippen molar-refractivity contribution in [3.63, 3.8) is 0 Å². The maximum Gasteiger partial charge on any atom is 0.414 e. The van der Waals surface area contributed by atoms with Gasteiger partial charge in [0.2, 0.25) is 0 Å². The molecule has 0 unspecified atom stereocenters. The zero-order chi connectivity index (χ0) is 9.84. The second-order valence-corrected chi connectivity index (χ2v) is 3.73. The van der Waals surface area contributed by atoms with Crippen LogP contribution in [0.3, 0.4) is 0 Å². The van der Waals surface area contributed by atoms with Gasteiger partial charge >= 0.3 is 6.09 Å². The molecule has 0 radical (unpaired) electrons. The number of nitrogens with zero attached hydrogens (tertiary/aromatic N) is 2. The van der Waals surface area contributed by atoms with Gasteiger partial charge in [-0.2, -0.15) is 0 Å². The van der Waals surface area contributed by atoms with Gasteiger partial charge in [0.25, 0.3) is 0 Å². The van der Waals surface area contributed by atoms with Crippen molar-refractivity contribution < 1.29 is 9.53 Å². The molecule has 0 saturated carbocycles. The van der Waals surface area contributed by atoms with Crippen LogP contribution in [0.25, 0.3) is 0 Å². The van der Waals surface area contributed by atoms with Crippen LogP contribution in [0.4, 0.5) is 4.79 Å². The standard InChI is InChI=1S/C8H9IN2O2/c1-11(2)8(12)13-7-5-10-4-3-6(7)9/h3-5H,1-2H3. The highest BCUT2D eigenvalue weighted by atomic mass is 127. The predicted molar refractivity (Wildman–Crippen MR) is 56.7 cm³/mol. The molecule has 0 aromatic carbocycles. The lowest BCUT2D eigenvalue weighted by Gasteiger charge is -2.10. The summed E-state index contributed by atoms with van der Waals surface area (Å²) in [6.45, 7) is 0. The van der Waals surface area contributed by atoms with Crippen LogP contribution in [0.2, 0.25) is 0 Å². The van der Waals surface area contributed by atoms with E-state index in [-0.39, 0.29) is 0 Å². The number of ether oxygens (including phenoxy) is 1. The van der Waals surface area contributed by atoms with Crippen molar-refractivity contribution in [2.75, 3.05) is 14.1 Å². The minimum absolute atomic E-state index is 0.397. The van der Waals surface area contributed by atoms with E-state index in [1.165, 1.54) is 11.1 Å². The average molecular weight is 292 g/mol. The smallest absolute Gasteiger partial charge is 0.407 e. The van der Waals surface area contributed by atoms with Crippen LogP contribution in [0, 0.1) is 3.57 Å². The fourth-order valence-corrected chi connectivity index (χ4v) is 1.03. The molecule has 5 heteroatoms. The Labute approximate surface area is 90.0 Å². The topological polar surface area (TPSA) is 42.4 Å². The fraction of sp³-hybridized carbons (Fsp3) is 0.250. The summed E-state index contributed by atoms with van der Waals surface area (Å²) in [5, 5.41) is 0. The third kappa shape index (κ3) is 2.83. The van der Waals surface area contributed by atoms with Gasteiger partial charge in [-0.15, -0.1) is 0 Å². The monoisotopic (exact) mass is 292 g/mol. The van der Waals surface area contributed by atoms with Crippen LogP contribution in [0.15, 0.2) is 18.5 Å². The number of hydrogen-bond acceptors (Lipinski definition) is 3. The minimum Gasteiger partial charge on any atom is -0.407 e. The minimum atomic E-state index is -0.397. The van der Waals surface area contributed by atoms with Gasteiger partial charge in [0.1, 0.15) is 0 Å². The summed E-state index contributed by atoms with van der Waals surface area (Å²) in [5.74, 6) is 0.488. The Morgan fingerprint density at radius 1 is 1.62 bits per heavy atom. The Kier molecular flexibility index (Phi) is 3.47. The van der Waals surface area contributed by atoms with Crippen LogP contribution < -0.4 is 4.74 Å². The molecule has 1 amide bonds. The normalized spacial score (nSPS) is 9.46. The molecule has 0 N–H and O–H groups in total. The first-order valence-corrected chi connectivity index (χ1v) is 4.68. The maximum absolute atomic E-state index is 11.1. The zero-order valence-corrected chi connectivity index (χ0v) is 9.48. The molecule has 0 saturated heterocycles. The molecule has 0 atom stereocenters. The van der Waals surface area contributed by atoms with Crippen molar-refractivity contribution >= 4 is 28.7 Å². The molecule has 4 nitrogen and oxygen atoms in total. The number of hydrogen-bond donors (Lipinski definition) is 0. The quantitative estimate of drug-likeness (QED) is 0.741. The molecule has 0 bridgehead atoms. The summed E-state index contributed by atoms with van der Waals surface area (Å²) in [6.07, 6.45) is 2.77. The third-order valence-electron chi connectivity index (χ3n) is 1.30. The van der Waals surface area contributed by atoms with E-state index in [0.717, 1.165) is 3.57 Å². The van der Waals surface area contributed by atoms with Gasteiger partial charge in [0, 0.05) is 20.3 Å². The Morgan fingerprint density at radius 2 is 2.31 bits per heavy atom. The average Bonchev–Trinajstić information content (AvgIpc) is 2.08. The first kappa shape index (κ1) is 10.2. The van der Waals surface area contributed by atoms with E-state index in [1.807, 2.05) is 0 Å². The van der Waals surface area contributed by atoms with E-state index >= 15 is 0 Å². The van der Waals surface area contributed by atoms with E-state index in [9.17, 15) is 4.79 Å². The summed E-state index contributed by atoms with van der Waals surface area (Å²) in [7, 11) is 3.26. The Balaban J connectivity index is 2.75. The van der Waals surface area contributed by atoms with Crippen molar-refractivity contribution in [1.82, 2.24) is 9.88 Å². The summed E-state index contributed by atoms with van der Waals surface area (Å²) in [6, 6.07) is 1.78. The van der Waals surface area contributed by atoms with Crippen LogP contribution in [-0.4, -0.2) is 30.1 Å². The molecule has 1 aromatic heterocycles. The molecule has 0 fully saturated rings. The van der Waals surface area contributed by atoms with Gasteiger partial charge in [-0.1, -0.05) is 0 Å². The van der Waals surface area contributed by atoms with E-state index in [2.05, 4.69) is 27.6 Å². The molecule has 13 heavy (non-hydrogen) atoms. The number of halogens is 1. The second kappa shape index (κ2) is 4.40. The predicted octanol–water partition coefficient (Wildman–Crippen LogP) is 1.75. The second-order valence-electron chi connectivity index (χ2n) is 2.57. The highest BCUT2D eigenvalue weighted by Gasteiger charge is 2.08. The molecule has 0 aliphatic rings. The van der Waals surface area contributed by atoms with Crippen molar-refractivity contribution in [2.45, 2.75) is 0 Å². The Hall–Kier alpha value is -0.850. The van der Waals surface area contributed by atoms with Gasteiger partial charge in [-0.25, -0.2) is 4.79 Å². The number of pyridine rings is 1. The third-order valence-corrected chi connectivity index (χ3v) is 2.19. The number of rotatable bonds is 1. The summed E-state index contributed by atoms with van der Waals surface area (Å²) in [4.78, 5) is 16.4. The van der Waals surface area contributed by atoms with Crippen LogP contribution in [-0.2, 0) is 0 Å². The van der Waals surface area contributed by atoms with Crippen LogP contribution >= 0.6 is 22.6 Å². The SMILES string of the molecule is CN(C)C(=O)Oc1cnccc1I. The lowest BCUT2D eigenvalue weighted by atomic mass is 10.5. The molecule has 1 aromatic rings. The lowest BCUT2D eigenvalue weighted by Crippen LogP contribution is -2.25. The van der Waals surface area contributed by atoms with Gasteiger partial charge < -0.3 is 9.64 Å². The van der Waals surface area contributed by atoms with Crippen LogP contribution in [0.1, 0.15) is 0 Å². The summed E-state index contributed by atoms with van der Waals surface area (Å²) < 4.78 is 5.89. The van der Waals surface area contributed by atoms with Gasteiger partial charge in [-0.05, 0) is 28.7 Å². The van der Waals surface area contributed by atoms with E-state index in [0.29, 0.717) is 5.75 Å². The van der Waals surface area contributed by atoms with Crippen molar-refractivity contribution in [3.05, 3.63) is 22.0 Å². The largest absolute Gasteiger partial charge is 0.414 e. The Bertz CT molecular complexity index is 315. The van der Waals surface area contributed by atoms with Gasteiger partial charge in [0.05, 0.1) is 9.77 Å². The number of carbonyl (C=O) groups is 1. The molecule has 0 aliphatic carbocycles. The highest BCUT2D eigenvalue weighted by molar-refractivity contribution is 14.1. The van der Waals surface area contributed by atoms with Gasteiger partial charge in [-0.3, -0.25) is 4.98 Å². The molecular formula is C8H9IN2O2. The Morgan fingerprint density at radius 3 is 2.85 bits per heavy atom.